The number of nitrogens with one attached hydrogen (secondary N) is 1. The Balaban J connectivity index is 1.62. The first-order valence-electron chi connectivity index (χ1n) is 8.35. The summed E-state index contributed by atoms with van der Waals surface area (Å²) >= 11 is 1.48. The van der Waals surface area contributed by atoms with E-state index in [2.05, 4.69) is 26.7 Å². The van der Waals surface area contributed by atoms with Crippen molar-refractivity contribution in [3.05, 3.63) is 24.3 Å². The Labute approximate surface area is 146 Å². The molecule has 24 heavy (non-hydrogen) atoms. The molecule has 0 bridgehead atoms. The van der Waals surface area contributed by atoms with Crippen molar-refractivity contribution in [2.24, 2.45) is 5.41 Å². The van der Waals surface area contributed by atoms with Crippen molar-refractivity contribution in [2.45, 2.75) is 39.3 Å². The third-order valence-corrected chi connectivity index (χ3v) is 5.38. The maximum Gasteiger partial charge on any atom is 0.225 e. The molecule has 0 radical (unpaired) electrons. The van der Waals surface area contributed by atoms with Gasteiger partial charge in [0.25, 0.3) is 0 Å². The number of benzene rings is 1. The number of carbonyl (C=O) groups is 1. The third kappa shape index (κ3) is 3.53. The van der Waals surface area contributed by atoms with Crippen LogP contribution in [0.25, 0.3) is 10.1 Å². The predicted octanol–water partition coefficient (Wildman–Crippen LogP) is 3.77. The van der Waals surface area contributed by atoms with E-state index in [1.807, 2.05) is 32.9 Å². The van der Waals surface area contributed by atoms with Crippen LogP contribution >= 0.6 is 11.5 Å². The largest absolute Gasteiger partial charge is 0.355 e. The summed E-state index contributed by atoms with van der Waals surface area (Å²) in [5, 5.41) is 3.90. The van der Waals surface area contributed by atoms with Gasteiger partial charge in [-0.3, -0.25) is 4.79 Å². The molecule has 0 unspecified atom stereocenters. The van der Waals surface area contributed by atoms with Gasteiger partial charge in [-0.05, 0) is 23.7 Å². The molecule has 1 fully saturated rings. The van der Waals surface area contributed by atoms with Crippen molar-refractivity contribution in [2.75, 3.05) is 24.5 Å². The van der Waals surface area contributed by atoms with Crippen LogP contribution in [0.2, 0.25) is 0 Å². The fourth-order valence-electron chi connectivity index (χ4n) is 2.90. The number of alkyl halides is 1. The van der Waals surface area contributed by atoms with Gasteiger partial charge in [-0.2, -0.15) is 4.37 Å². The van der Waals surface area contributed by atoms with Gasteiger partial charge in [-0.15, -0.1) is 0 Å². The molecule has 1 aromatic carbocycles. The van der Waals surface area contributed by atoms with Gasteiger partial charge in [0.1, 0.15) is 11.5 Å². The summed E-state index contributed by atoms with van der Waals surface area (Å²) in [5.41, 5.74) is -1.82. The highest BCUT2D eigenvalue weighted by molar-refractivity contribution is 7.13. The topological polar surface area (TPSA) is 45.2 Å². The highest BCUT2D eigenvalue weighted by Gasteiger charge is 2.36. The van der Waals surface area contributed by atoms with Crippen LogP contribution in [0.3, 0.4) is 0 Å². The van der Waals surface area contributed by atoms with Crippen LogP contribution < -0.4 is 10.2 Å². The molecule has 2 aromatic rings. The lowest BCUT2D eigenvalue weighted by Gasteiger charge is -2.37. The molecule has 1 aliphatic heterocycles. The fraction of sp³-hybridized carbons (Fsp3) is 0.556. The van der Waals surface area contributed by atoms with Crippen molar-refractivity contribution >= 4 is 33.3 Å². The standard InChI is InChI=1S/C18H24FN3OS/c1-17(2,3)16(23)20-12-18(19)8-10-22(11-9-18)15-13-6-4-5-7-14(13)24-21-15/h4-7H,8-12H2,1-3H3,(H,20,23). The van der Waals surface area contributed by atoms with Crippen LogP contribution in [0.4, 0.5) is 10.2 Å². The van der Waals surface area contributed by atoms with Crippen LogP contribution in [0.1, 0.15) is 33.6 Å². The number of amides is 1. The Morgan fingerprint density at radius 1 is 1.33 bits per heavy atom. The molecule has 4 nitrogen and oxygen atoms in total. The van der Waals surface area contributed by atoms with Crippen molar-refractivity contribution < 1.29 is 9.18 Å². The zero-order chi connectivity index (χ0) is 17.4. The molecule has 1 amide bonds. The minimum absolute atomic E-state index is 0.0920. The van der Waals surface area contributed by atoms with Gasteiger partial charge in [0, 0.05) is 36.7 Å². The van der Waals surface area contributed by atoms with E-state index in [0.29, 0.717) is 25.9 Å². The quantitative estimate of drug-likeness (QED) is 0.917. The zero-order valence-electron chi connectivity index (χ0n) is 14.4. The van der Waals surface area contributed by atoms with Crippen molar-refractivity contribution in [3.63, 3.8) is 0 Å². The Hall–Kier alpha value is -1.69. The van der Waals surface area contributed by atoms with Crippen molar-refractivity contribution in [1.82, 2.24) is 9.69 Å². The maximum absolute atomic E-state index is 15.0. The van der Waals surface area contributed by atoms with E-state index >= 15 is 0 Å². The summed E-state index contributed by atoms with van der Waals surface area (Å²) in [6.07, 6.45) is 0.812. The summed E-state index contributed by atoms with van der Waals surface area (Å²) in [6.45, 7) is 6.84. The Bertz CT molecular complexity index is 729. The lowest BCUT2D eigenvalue weighted by Crippen LogP contribution is -2.50. The van der Waals surface area contributed by atoms with E-state index < -0.39 is 11.1 Å². The highest BCUT2D eigenvalue weighted by Crippen LogP contribution is 2.34. The second-order valence-corrected chi connectivity index (χ2v) is 8.38. The summed E-state index contributed by atoms with van der Waals surface area (Å²) < 4.78 is 20.7. The van der Waals surface area contributed by atoms with Crippen molar-refractivity contribution in [1.29, 1.82) is 0 Å². The van der Waals surface area contributed by atoms with Gasteiger partial charge in [0.05, 0.1) is 11.2 Å². The van der Waals surface area contributed by atoms with Gasteiger partial charge in [-0.1, -0.05) is 32.9 Å². The lowest BCUT2D eigenvalue weighted by atomic mass is 9.91. The molecular weight excluding hydrogens is 325 g/mol. The molecular formula is C18H24FN3OS. The molecule has 1 aromatic heterocycles. The molecule has 130 valence electrons. The first-order chi connectivity index (χ1) is 11.3. The molecule has 0 saturated carbocycles. The predicted molar refractivity (Wildman–Crippen MR) is 97.4 cm³/mol. The van der Waals surface area contributed by atoms with Gasteiger partial charge < -0.3 is 10.2 Å². The first-order valence-corrected chi connectivity index (χ1v) is 9.12. The molecule has 2 heterocycles. The van der Waals surface area contributed by atoms with Gasteiger partial charge in [0.2, 0.25) is 5.91 Å². The Morgan fingerprint density at radius 2 is 2.00 bits per heavy atom. The van der Waals surface area contributed by atoms with E-state index in [1.165, 1.54) is 11.5 Å². The molecule has 1 aliphatic rings. The molecule has 0 spiro atoms. The van der Waals surface area contributed by atoms with E-state index in [1.54, 1.807) is 0 Å². The van der Waals surface area contributed by atoms with Crippen LogP contribution in [0.5, 0.6) is 0 Å². The Morgan fingerprint density at radius 3 is 2.67 bits per heavy atom. The monoisotopic (exact) mass is 349 g/mol. The fourth-order valence-corrected chi connectivity index (χ4v) is 3.70. The second-order valence-electron chi connectivity index (χ2n) is 7.57. The van der Waals surface area contributed by atoms with E-state index in [-0.39, 0.29) is 12.5 Å². The van der Waals surface area contributed by atoms with Crippen LogP contribution in [-0.2, 0) is 4.79 Å². The molecule has 6 heteroatoms. The summed E-state index contributed by atoms with van der Waals surface area (Å²) in [7, 11) is 0. The number of carbonyl (C=O) groups excluding carboxylic acids is 1. The Kier molecular flexibility index (Phi) is 4.51. The van der Waals surface area contributed by atoms with Gasteiger partial charge in [-0.25, -0.2) is 4.39 Å². The smallest absolute Gasteiger partial charge is 0.225 e. The number of aromatic nitrogens is 1. The maximum atomic E-state index is 15.0. The summed E-state index contributed by atoms with van der Waals surface area (Å²) in [5.74, 6) is 0.851. The minimum atomic E-state index is -1.33. The average Bonchev–Trinajstić information content (AvgIpc) is 2.97. The van der Waals surface area contributed by atoms with Gasteiger partial charge >= 0.3 is 0 Å². The molecule has 3 rings (SSSR count). The zero-order valence-corrected chi connectivity index (χ0v) is 15.3. The molecule has 1 saturated heterocycles. The first kappa shape index (κ1) is 17.1. The van der Waals surface area contributed by atoms with Crippen LogP contribution in [0, 0.1) is 5.41 Å². The SMILES string of the molecule is CC(C)(C)C(=O)NCC1(F)CCN(c2nsc3ccccc23)CC1. The minimum Gasteiger partial charge on any atom is -0.355 e. The second kappa shape index (κ2) is 6.31. The van der Waals surface area contributed by atoms with Crippen LogP contribution in [0.15, 0.2) is 24.3 Å². The number of anilines is 1. The molecule has 0 aliphatic carbocycles. The lowest BCUT2D eigenvalue weighted by molar-refractivity contribution is -0.129. The van der Waals surface area contributed by atoms with E-state index in [0.717, 1.165) is 15.9 Å². The number of hydrogen-bond acceptors (Lipinski definition) is 4. The number of piperidine rings is 1. The number of nitrogens with zero attached hydrogens (tertiary/aromatic N) is 2. The van der Waals surface area contributed by atoms with Crippen LogP contribution in [-0.4, -0.2) is 35.6 Å². The number of hydrogen-bond donors (Lipinski definition) is 1. The van der Waals surface area contributed by atoms with Gasteiger partial charge in [0.15, 0.2) is 0 Å². The normalized spacial score (nSPS) is 17.9. The van der Waals surface area contributed by atoms with E-state index in [4.69, 9.17) is 0 Å². The third-order valence-electron chi connectivity index (χ3n) is 4.56. The number of fused-ring (bicyclic) bond motifs is 1. The van der Waals surface area contributed by atoms with E-state index in [9.17, 15) is 9.18 Å². The molecule has 1 N–H and O–H groups in total. The number of halogens is 1. The summed E-state index contributed by atoms with van der Waals surface area (Å²) in [4.78, 5) is 14.1. The van der Waals surface area contributed by atoms with Crippen molar-refractivity contribution in [3.8, 4) is 0 Å². The number of rotatable bonds is 3. The summed E-state index contributed by atoms with van der Waals surface area (Å²) in [6, 6.07) is 8.13. The average molecular weight is 349 g/mol. The molecule has 0 atom stereocenters. The highest BCUT2D eigenvalue weighted by atomic mass is 32.1.